The fourth-order valence-corrected chi connectivity index (χ4v) is 2.06. The molecule has 0 fully saturated rings. The summed E-state index contributed by atoms with van der Waals surface area (Å²) >= 11 is 0. The molecule has 0 aliphatic heterocycles. The molecule has 0 saturated heterocycles. The first-order valence-electron chi connectivity index (χ1n) is 8.40. The number of aliphatic hydroxyl groups is 1. The van der Waals surface area contributed by atoms with Gasteiger partial charge in [-0.15, -0.1) is 0 Å². The molecule has 1 heteroatoms. The Bertz CT molecular complexity index is 261. The summed E-state index contributed by atoms with van der Waals surface area (Å²) in [5.41, 5.74) is 0. The minimum atomic E-state index is -0.122. The van der Waals surface area contributed by atoms with E-state index in [9.17, 15) is 0 Å². The van der Waals surface area contributed by atoms with Crippen LogP contribution >= 0.6 is 0 Å². The molecule has 0 heterocycles. The van der Waals surface area contributed by atoms with Crippen molar-refractivity contribution in [3.05, 3.63) is 36.5 Å². The molecule has 0 radical (unpaired) electrons. The Balaban J connectivity index is 3.21. The van der Waals surface area contributed by atoms with E-state index in [1.807, 2.05) is 6.92 Å². The Hall–Kier alpha value is -0.820. The van der Waals surface area contributed by atoms with Crippen molar-refractivity contribution in [1.82, 2.24) is 0 Å². The lowest BCUT2D eigenvalue weighted by atomic mass is 10.1. The first-order chi connectivity index (χ1) is 9.77. The van der Waals surface area contributed by atoms with Crippen molar-refractivity contribution in [2.45, 2.75) is 84.2 Å². The van der Waals surface area contributed by atoms with Gasteiger partial charge >= 0.3 is 0 Å². The lowest BCUT2D eigenvalue weighted by molar-refractivity contribution is 0.180. The smallest absolute Gasteiger partial charge is 0.0512 e. The van der Waals surface area contributed by atoms with Gasteiger partial charge in [0.15, 0.2) is 0 Å². The van der Waals surface area contributed by atoms with Crippen LogP contribution < -0.4 is 0 Å². The number of hydrogen-bond acceptors (Lipinski definition) is 1. The fourth-order valence-electron chi connectivity index (χ4n) is 2.06. The minimum absolute atomic E-state index is 0.122. The number of unbranched alkanes of at least 4 members (excludes halogenated alkanes) is 5. The highest BCUT2D eigenvalue weighted by Gasteiger charge is 1.94. The van der Waals surface area contributed by atoms with Crippen molar-refractivity contribution in [1.29, 1.82) is 0 Å². The van der Waals surface area contributed by atoms with E-state index in [-0.39, 0.29) is 6.10 Å². The fraction of sp³-hybridized carbons (Fsp3) is 0.684. The molecule has 0 aromatic carbocycles. The molecule has 0 spiro atoms. The van der Waals surface area contributed by atoms with Crippen LogP contribution in [0, 0.1) is 0 Å². The topological polar surface area (TPSA) is 20.2 Å². The van der Waals surface area contributed by atoms with Crippen LogP contribution in [0.25, 0.3) is 0 Å². The molecule has 0 saturated carbocycles. The number of hydrogen-bond donors (Lipinski definition) is 1. The molecular weight excluding hydrogens is 244 g/mol. The second-order valence-corrected chi connectivity index (χ2v) is 5.49. The van der Waals surface area contributed by atoms with Gasteiger partial charge in [0.1, 0.15) is 0 Å². The van der Waals surface area contributed by atoms with Crippen molar-refractivity contribution >= 4 is 0 Å². The maximum atomic E-state index is 9.14. The van der Waals surface area contributed by atoms with Gasteiger partial charge in [0, 0.05) is 0 Å². The summed E-state index contributed by atoms with van der Waals surface area (Å²) in [6.45, 7) is 4.04. The van der Waals surface area contributed by atoms with E-state index in [1.54, 1.807) is 0 Å². The lowest BCUT2D eigenvalue weighted by Crippen LogP contribution is -1.98. The molecule has 1 N–H and O–H groups in total. The summed E-state index contributed by atoms with van der Waals surface area (Å²) in [6, 6.07) is 0. The van der Waals surface area contributed by atoms with E-state index in [4.69, 9.17) is 5.11 Å². The van der Waals surface area contributed by atoms with Crippen LogP contribution in [-0.2, 0) is 0 Å². The van der Waals surface area contributed by atoms with E-state index in [2.05, 4.69) is 43.4 Å². The molecule has 0 aliphatic carbocycles. The Labute approximate surface area is 126 Å². The van der Waals surface area contributed by atoms with Gasteiger partial charge in [-0.3, -0.25) is 0 Å². The largest absolute Gasteiger partial charge is 0.393 e. The van der Waals surface area contributed by atoms with E-state index in [0.717, 1.165) is 25.7 Å². The van der Waals surface area contributed by atoms with Crippen molar-refractivity contribution in [2.75, 3.05) is 0 Å². The van der Waals surface area contributed by atoms with Gasteiger partial charge in [0.05, 0.1) is 6.10 Å². The molecule has 1 atom stereocenters. The Morgan fingerprint density at radius 1 is 0.750 bits per heavy atom. The second kappa shape index (κ2) is 16.2. The molecule has 0 amide bonds. The van der Waals surface area contributed by atoms with Gasteiger partial charge < -0.3 is 5.11 Å². The van der Waals surface area contributed by atoms with Gasteiger partial charge in [-0.2, -0.15) is 0 Å². The Morgan fingerprint density at radius 2 is 1.30 bits per heavy atom. The van der Waals surface area contributed by atoms with Crippen molar-refractivity contribution in [3.63, 3.8) is 0 Å². The molecule has 1 nitrogen and oxygen atoms in total. The first kappa shape index (κ1) is 19.2. The zero-order valence-corrected chi connectivity index (χ0v) is 13.6. The van der Waals surface area contributed by atoms with E-state index in [1.165, 1.54) is 38.5 Å². The van der Waals surface area contributed by atoms with Gasteiger partial charge in [-0.1, -0.05) is 69.1 Å². The highest BCUT2D eigenvalue weighted by molar-refractivity contribution is 4.96. The average molecular weight is 278 g/mol. The monoisotopic (exact) mass is 278 g/mol. The third-order valence-corrected chi connectivity index (χ3v) is 3.27. The van der Waals surface area contributed by atoms with Crippen molar-refractivity contribution in [3.8, 4) is 0 Å². The van der Waals surface area contributed by atoms with Crippen LogP contribution in [0.4, 0.5) is 0 Å². The molecule has 0 aliphatic rings. The summed E-state index contributed by atoms with van der Waals surface area (Å²) in [4.78, 5) is 0. The van der Waals surface area contributed by atoms with Crippen molar-refractivity contribution in [2.24, 2.45) is 0 Å². The Kier molecular flexibility index (Phi) is 15.6. The molecule has 0 rings (SSSR count). The average Bonchev–Trinajstić information content (AvgIpc) is 2.43. The highest BCUT2D eigenvalue weighted by Crippen LogP contribution is 2.09. The van der Waals surface area contributed by atoms with E-state index >= 15 is 0 Å². The summed E-state index contributed by atoms with van der Waals surface area (Å²) < 4.78 is 0. The van der Waals surface area contributed by atoms with Crippen LogP contribution in [0.3, 0.4) is 0 Å². The molecule has 1 unspecified atom stereocenters. The zero-order valence-electron chi connectivity index (χ0n) is 13.6. The molecular formula is C19H34O. The second-order valence-electron chi connectivity index (χ2n) is 5.49. The summed E-state index contributed by atoms with van der Waals surface area (Å²) in [6.07, 6.45) is 25.2. The standard InChI is InChI=1S/C19H34O/c1-3-4-5-6-7-8-9-10-11-12-13-14-15-16-17-18-19(2)20/h4-5,7-8,10-11,19-20H,3,6,9,12-18H2,1-2H3/b5-4-,8-7-,11-10-. The summed E-state index contributed by atoms with van der Waals surface area (Å²) in [5, 5.41) is 9.14. The maximum absolute atomic E-state index is 9.14. The predicted octanol–water partition coefficient (Wildman–Crippen LogP) is 5.96. The molecule has 20 heavy (non-hydrogen) atoms. The lowest BCUT2D eigenvalue weighted by Gasteiger charge is -2.03. The predicted molar refractivity (Wildman–Crippen MR) is 90.9 cm³/mol. The van der Waals surface area contributed by atoms with Crippen LogP contribution in [0.15, 0.2) is 36.5 Å². The van der Waals surface area contributed by atoms with Gasteiger partial charge in [-0.05, 0) is 45.4 Å². The first-order valence-corrected chi connectivity index (χ1v) is 8.40. The van der Waals surface area contributed by atoms with Gasteiger partial charge in [0.25, 0.3) is 0 Å². The Morgan fingerprint density at radius 3 is 1.95 bits per heavy atom. The normalized spacial score (nSPS) is 13.9. The minimum Gasteiger partial charge on any atom is -0.393 e. The molecule has 0 aromatic heterocycles. The van der Waals surface area contributed by atoms with Gasteiger partial charge in [0.2, 0.25) is 0 Å². The maximum Gasteiger partial charge on any atom is 0.0512 e. The van der Waals surface area contributed by atoms with Crippen LogP contribution in [0.2, 0.25) is 0 Å². The molecule has 116 valence electrons. The van der Waals surface area contributed by atoms with E-state index < -0.39 is 0 Å². The molecule has 0 aromatic rings. The van der Waals surface area contributed by atoms with E-state index in [0.29, 0.717) is 0 Å². The zero-order chi connectivity index (χ0) is 14.9. The summed E-state index contributed by atoms with van der Waals surface area (Å²) in [7, 11) is 0. The quantitative estimate of drug-likeness (QED) is 0.326. The SMILES string of the molecule is CC/C=C\C/C=C\C/C=C\CCCCCCCC(C)O. The number of allylic oxidation sites excluding steroid dienone is 6. The number of rotatable bonds is 13. The van der Waals surface area contributed by atoms with Crippen LogP contribution in [0.5, 0.6) is 0 Å². The number of aliphatic hydroxyl groups excluding tert-OH is 1. The van der Waals surface area contributed by atoms with Crippen molar-refractivity contribution < 1.29 is 5.11 Å². The summed E-state index contributed by atoms with van der Waals surface area (Å²) in [5.74, 6) is 0. The van der Waals surface area contributed by atoms with Crippen LogP contribution in [-0.4, -0.2) is 11.2 Å². The highest BCUT2D eigenvalue weighted by atomic mass is 16.3. The molecule has 0 bridgehead atoms. The third-order valence-electron chi connectivity index (χ3n) is 3.27. The van der Waals surface area contributed by atoms with Crippen LogP contribution in [0.1, 0.15) is 78.1 Å². The van der Waals surface area contributed by atoms with Gasteiger partial charge in [-0.25, -0.2) is 0 Å². The third kappa shape index (κ3) is 17.2.